The van der Waals surface area contributed by atoms with Crippen molar-refractivity contribution in [1.29, 1.82) is 0 Å². The molecule has 1 fully saturated rings. The van der Waals surface area contributed by atoms with Crippen molar-refractivity contribution in [3.8, 4) is 11.5 Å². The predicted octanol–water partition coefficient (Wildman–Crippen LogP) is 4.26. The topological polar surface area (TPSA) is 79.5 Å². The molecule has 0 bridgehead atoms. The molecule has 0 aromatic heterocycles. The largest absolute Gasteiger partial charge is 0.457 e. The summed E-state index contributed by atoms with van der Waals surface area (Å²) in [5.41, 5.74) is 0.929. The molecule has 1 aliphatic carbocycles. The molecular weight excluding hydrogens is 385 g/mol. The van der Waals surface area contributed by atoms with E-state index in [1.165, 1.54) is 18.6 Å². The zero-order valence-electron chi connectivity index (χ0n) is 17.0. The molecule has 3 amide bonds. The Bertz CT molecular complexity index is 819. The number of rotatable bonds is 8. The molecule has 1 saturated carbocycles. The van der Waals surface area contributed by atoms with Gasteiger partial charge in [0.2, 0.25) is 5.91 Å². The number of benzene rings is 2. The van der Waals surface area contributed by atoms with Gasteiger partial charge in [0, 0.05) is 25.6 Å². The minimum absolute atomic E-state index is 0.125. The van der Waals surface area contributed by atoms with Gasteiger partial charge in [0.15, 0.2) is 0 Å². The average molecular weight is 413 g/mol. The van der Waals surface area contributed by atoms with Crippen LogP contribution in [0.5, 0.6) is 11.5 Å². The average Bonchev–Trinajstić information content (AvgIpc) is 2.75. The highest BCUT2D eigenvalue weighted by Gasteiger charge is 2.15. The van der Waals surface area contributed by atoms with E-state index >= 15 is 0 Å². The first-order chi connectivity index (χ1) is 14.6. The highest BCUT2D eigenvalue weighted by atomic mass is 19.1. The maximum atomic E-state index is 12.9. The second-order valence-electron chi connectivity index (χ2n) is 7.46. The molecule has 3 rings (SSSR count). The van der Waals surface area contributed by atoms with Gasteiger partial charge in [0.25, 0.3) is 0 Å². The summed E-state index contributed by atoms with van der Waals surface area (Å²) in [7, 11) is 0. The molecule has 2 aromatic rings. The van der Waals surface area contributed by atoms with Gasteiger partial charge in [-0.3, -0.25) is 4.79 Å². The first-order valence-corrected chi connectivity index (χ1v) is 10.4. The van der Waals surface area contributed by atoms with Crippen LogP contribution in [0, 0.1) is 5.82 Å². The molecule has 0 heterocycles. The first kappa shape index (κ1) is 21.6. The standard InChI is InChI=1S/C23H28FN3O3/c24-18-8-12-21(13-9-18)30-20-10-6-17(7-11-20)16-26-22(28)14-15-25-23(29)27-19-4-2-1-3-5-19/h6-13,19H,1-5,14-16H2,(H,26,28)(H2,25,27,29). The van der Waals surface area contributed by atoms with E-state index in [-0.39, 0.29) is 30.2 Å². The molecule has 0 aliphatic heterocycles. The summed E-state index contributed by atoms with van der Waals surface area (Å²) in [6.45, 7) is 0.693. The van der Waals surface area contributed by atoms with Gasteiger partial charge < -0.3 is 20.7 Å². The number of hydrogen-bond donors (Lipinski definition) is 3. The van der Waals surface area contributed by atoms with E-state index in [1.54, 1.807) is 24.3 Å². The molecule has 0 saturated heterocycles. The Morgan fingerprint density at radius 3 is 2.20 bits per heavy atom. The van der Waals surface area contributed by atoms with Crippen molar-refractivity contribution in [1.82, 2.24) is 16.0 Å². The van der Waals surface area contributed by atoms with Gasteiger partial charge in [-0.2, -0.15) is 0 Å². The zero-order valence-corrected chi connectivity index (χ0v) is 17.0. The lowest BCUT2D eigenvalue weighted by Gasteiger charge is -2.22. The number of nitrogens with one attached hydrogen (secondary N) is 3. The quantitative estimate of drug-likeness (QED) is 0.605. The molecule has 0 unspecified atom stereocenters. The van der Waals surface area contributed by atoms with Crippen LogP contribution in [-0.2, 0) is 11.3 Å². The number of amides is 3. The van der Waals surface area contributed by atoms with E-state index in [2.05, 4.69) is 16.0 Å². The van der Waals surface area contributed by atoms with E-state index < -0.39 is 0 Å². The maximum absolute atomic E-state index is 12.9. The summed E-state index contributed by atoms with van der Waals surface area (Å²) in [5, 5.41) is 8.54. The summed E-state index contributed by atoms with van der Waals surface area (Å²) < 4.78 is 18.6. The fourth-order valence-electron chi connectivity index (χ4n) is 3.38. The van der Waals surface area contributed by atoms with Crippen molar-refractivity contribution in [2.24, 2.45) is 0 Å². The van der Waals surface area contributed by atoms with Crippen molar-refractivity contribution < 1.29 is 18.7 Å². The van der Waals surface area contributed by atoms with Crippen LogP contribution in [0.2, 0.25) is 0 Å². The first-order valence-electron chi connectivity index (χ1n) is 10.4. The molecule has 30 heavy (non-hydrogen) atoms. The molecular formula is C23H28FN3O3. The minimum atomic E-state index is -0.312. The van der Waals surface area contributed by atoms with Crippen LogP contribution in [-0.4, -0.2) is 24.5 Å². The fraction of sp³-hybridized carbons (Fsp3) is 0.391. The van der Waals surface area contributed by atoms with Crippen molar-refractivity contribution in [2.75, 3.05) is 6.54 Å². The van der Waals surface area contributed by atoms with Crippen LogP contribution in [0.3, 0.4) is 0 Å². The highest BCUT2D eigenvalue weighted by Crippen LogP contribution is 2.22. The molecule has 0 atom stereocenters. The normalized spacial score (nSPS) is 14.0. The highest BCUT2D eigenvalue weighted by molar-refractivity contribution is 5.78. The molecule has 3 N–H and O–H groups in total. The van der Waals surface area contributed by atoms with Crippen LogP contribution in [0.15, 0.2) is 48.5 Å². The lowest BCUT2D eigenvalue weighted by Crippen LogP contribution is -2.43. The Balaban J connectivity index is 1.32. The van der Waals surface area contributed by atoms with Gasteiger partial charge in [-0.1, -0.05) is 31.4 Å². The van der Waals surface area contributed by atoms with Crippen molar-refractivity contribution in [3.63, 3.8) is 0 Å². The summed E-state index contributed by atoms with van der Waals surface area (Å²) in [4.78, 5) is 23.9. The van der Waals surface area contributed by atoms with E-state index in [4.69, 9.17) is 4.74 Å². The van der Waals surface area contributed by atoms with Gasteiger partial charge in [-0.15, -0.1) is 0 Å². The Morgan fingerprint density at radius 1 is 0.900 bits per heavy atom. The predicted molar refractivity (Wildman–Crippen MR) is 113 cm³/mol. The van der Waals surface area contributed by atoms with E-state index in [0.717, 1.165) is 31.2 Å². The lowest BCUT2D eigenvalue weighted by atomic mass is 9.96. The van der Waals surface area contributed by atoms with Crippen LogP contribution >= 0.6 is 0 Å². The van der Waals surface area contributed by atoms with Crippen LogP contribution < -0.4 is 20.7 Å². The van der Waals surface area contributed by atoms with Gasteiger partial charge in [-0.25, -0.2) is 9.18 Å². The van der Waals surface area contributed by atoms with Crippen molar-refractivity contribution in [2.45, 2.75) is 51.1 Å². The summed E-state index contributed by atoms with van der Waals surface area (Å²) in [5.74, 6) is 0.746. The number of carbonyl (C=O) groups excluding carboxylic acids is 2. The van der Waals surface area contributed by atoms with Crippen molar-refractivity contribution in [3.05, 3.63) is 59.9 Å². The Labute approximate surface area is 176 Å². The van der Waals surface area contributed by atoms with Crippen LogP contribution in [0.25, 0.3) is 0 Å². The van der Waals surface area contributed by atoms with E-state index in [9.17, 15) is 14.0 Å². The maximum Gasteiger partial charge on any atom is 0.315 e. The second-order valence-corrected chi connectivity index (χ2v) is 7.46. The zero-order chi connectivity index (χ0) is 21.2. The number of urea groups is 1. The monoisotopic (exact) mass is 413 g/mol. The Hall–Kier alpha value is -3.09. The Morgan fingerprint density at radius 2 is 1.53 bits per heavy atom. The van der Waals surface area contributed by atoms with Crippen LogP contribution in [0.1, 0.15) is 44.1 Å². The SMILES string of the molecule is O=C(CCNC(=O)NC1CCCCC1)NCc1ccc(Oc2ccc(F)cc2)cc1. The van der Waals surface area contributed by atoms with Gasteiger partial charge in [0.1, 0.15) is 17.3 Å². The summed E-state index contributed by atoms with van der Waals surface area (Å²) in [6, 6.07) is 13.2. The smallest absolute Gasteiger partial charge is 0.315 e. The van der Waals surface area contributed by atoms with Gasteiger partial charge in [0.05, 0.1) is 0 Å². The minimum Gasteiger partial charge on any atom is -0.457 e. The number of halogens is 1. The lowest BCUT2D eigenvalue weighted by molar-refractivity contribution is -0.121. The molecule has 160 valence electrons. The number of hydrogen-bond acceptors (Lipinski definition) is 3. The van der Waals surface area contributed by atoms with Crippen LogP contribution in [0.4, 0.5) is 9.18 Å². The third kappa shape index (κ3) is 7.39. The number of ether oxygens (including phenoxy) is 1. The Kier molecular flexibility index (Phi) is 8.06. The van der Waals surface area contributed by atoms with Gasteiger partial charge in [-0.05, 0) is 54.8 Å². The molecule has 0 radical (unpaired) electrons. The van der Waals surface area contributed by atoms with Gasteiger partial charge >= 0.3 is 6.03 Å². The number of carbonyl (C=O) groups is 2. The van der Waals surface area contributed by atoms with E-state index in [1.807, 2.05) is 12.1 Å². The second kappa shape index (κ2) is 11.2. The molecule has 7 heteroatoms. The molecule has 2 aromatic carbocycles. The summed E-state index contributed by atoms with van der Waals surface area (Å²) in [6.07, 6.45) is 5.84. The van der Waals surface area contributed by atoms with Crippen molar-refractivity contribution >= 4 is 11.9 Å². The third-order valence-corrected chi connectivity index (χ3v) is 5.04. The molecule has 0 spiro atoms. The third-order valence-electron chi connectivity index (χ3n) is 5.04. The molecule has 6 nitrogen and oxygen atoms in total. The molecule has 1 aliphatic rings. The van der Waals surface area contributed by atoms with E-state index in [0.29, 0.717) is 24.6 Å². The fourth-order valence-corrected chi connectivity index (χ4v) is 3.38. The summed E-state index contributed by atoms with van der Waals surface area (Å²) >= 11 is 0.